The topological polar surface area (TPSA) is 26.0 Å². The van der Waals surface area contributed by atoms with Crippen LogP contribution in [0.15, 0.2) is 0 Å². The Morgan fingerprint density at radius 2 is 1.78 bits per heavy atom. The number of nitrogens with two attached hydrogens (primary N) is 1. The van der Waals surface area contributed by atoms with Crippen molar-refractivity contribution >= 4 is 0 Å². The molecule has 0 saturated heterocycles. The van der Waals surface area contributed by atoms with E-state index in [2.05, 4.69) is 6.92 Å². The first-order valence-electron chi connectivity index (χ1n) is 4.03. The summed E-state index contributed by atoms with van der Waals surface area (Å²) in [5.74, 6) is 3.07. The first-order valence-corrected chi connectivity index (χ1v) is 4.03. The summed E-state index contributed by atoms with van der Waals surface area (Å²) in [5.41, 5.74) is 5.78. The van der Waals surface area contributed by atoms with Crippen LogP contribution in [0, 0.1) is 17.8 Å². The zero-order chi connectivity index (χ0) is 6.43. The van der Waals surface area contributed by atoms with Crippen LogP contribution in [0.25, 0.3) is 0 Å². The van der Waals surface area contributed by atoms with E-state index in [4.69, 9.17) is 5.73 Å². The minimum atomic E-state index is 0.456. The van der Waals surface area contributed by atoms with Gasteiger partial charge in [-0.25, -0.2) is 0 Å². The predicted octanol–water partition coefficient (Wildman–Crippen LogP) is 1.38. The van der Waals surface area contributed by atoms with E-state index in [0.717, 1.165) is 17.8 Å². The summed E-state index contributed by atoms with van der Waals surface area (Å²) in [6.07, 6.45) is 4.38. The van der Waals surface area contributed by atoms with Crippen molar-refractivity contribution in [3.8, 4) is 0 Å². The third-order valence-electron chi connectivity index (χ3n) is 3.02. The van der Waals surface area contributed by atoms with Crippen LogP contribution in [0.1, 0.15) is 26.2 Å². The summed E-state index contributed by atoms with van der Waals surface area (Å²) in [5, 5.41) is 0. The summed E-state index contributed by atoms with van der Waals surface area (Å²) in [6, 6.07) is 0.456. The van der Waals surface area contributed by atoms with Gasteiger partial charge in [-0.15, -0.1) is 0 Å². The molecule has 2 aliphatic rings. The summed E-state index contributed by atoms with van der Waals surface area (Å²) in [4.78, 5) is 0. The van der Waals surface area contributed by atoms with E-state index in [-0.39, 0.29) is 0 Å². The van der Waals surface area contributed by atoms with Gasteiger partial charge in [0.2, 0.25) is 0 Å². The molecule has 2 saturated carbocycles. The molecule has 1 nitrogen and oxygen atoms in total. The Hall–Kier alpha value is -0.0400. The van der Waals surface area contributed by atoms with E-state index in [1.807, 2.05) is 0 Å². The van der Waals surface area contributed by atoms with Gasteiger partial charge in [0.05, 0.1) is 0 Å². The van der Waals surface area contributed by atoms with Crippen LogP contribution >= 0.6 is 0 Å². The Bertz CT molecular complexity index is 110. The lowest BCUT2D eigenvalue weighted by atomic mass is 9.97. The maximum absolute atomic E-state index is 5.78. The Morgan fingerprint density at radius 1 is 1.22 bits per heavy atom. The molecule has 2 fully saturated rings. The molecule has 0 bridgehead atoms. The lowest BCUT2D eigenvalue weighted by molar-refractivity contribution is 0.415. The highest BCUT2D eigenvalue weighted by molar-refractivity contribution is 4.97. The second-order valence-electron chi connectivity index (χ2n) is 3.85. The van der Waals surface area contributed by atoms with Crippen molar-refractivity contribution in [2.24, 2.45) is 23.5 Å². The standard InChI is InChI=1S/C8H15N/c1-5(9)6-2-7-4-8(7)3-6/h5-8H,2-4,9H2,1H3. The molecule has 0 aliphatic heterocycles. The molecule has 2 rings (SSSR count). The average molecular weight is 125 g/mol. The molecule has 0 radical (unpaired) electrons. The lowest BCUT2D eigenvalue weighted by Gasteiger charge is -2.14. The summed E-state index contributed by atoms with van der Waals surface area (Å²) in [6.45, 7) is 2.15. The van der Waals surface area contributed by atoms with Crippen LogP contribution in [0.5, 0.6) is 0 Å². The molecular formula is C8H15N. The largest absolute Gasteiger partial charge is 0.328 e. The number of hydrogen-bond donors (Lipinski definition) is 1. The Kier molecular flexibility index (Phi) is 1.10. The molecule has 0 heterocycles. The predicted molar refractivity (Wildman–Crippen MR) is 38.0 cm³/mol. The van der Waals surface area contributed by atoms with Gasteiger partial charge in [0.1, 0.15) is 0 Å². The molecule has 2 aliphatic carbocycles. The first-order chi connectivity index (χ1) is 4.27. The summed E-state index contributed by atoms with van der Waals surface area (Å²) < 4.78 is 0. The second-order valence-corrected chi connectivity index (χ2v) is 3.85. The molecular weight excluding hydrogens is 110 g/mol. The molecule has 9 heavy (non-hydrogen) atoms. The number of rotatable bonds is 1. The molecule has 3 unspecified atom stereocenters. The molecule has 2 N–H and O–H groups in total. The van der Waals surface area contributed by atoms with Gasteiger partial charge >= 0.3 is 0 Å². The van der Waals surface area contributed by atoms with Crippen LogP contribution in [0.4, 0.5) is 0 Å². The minimum absolute atomic E-state index is 0.456. The fourth-order valence-corrected chi connectivity index (χ4v) is 2.19. The maximum Gasteiger partial charge on any atom is 0.00389 e. The van der Waals surface area contributed by atoms with Crippen molar-refractivity contribution in [2.75, 3.05) is 0 Å². The highest BCUT2D eigenvalue weighted by Crippen LogP contribution is 2.54. The van der Waals surface area contributed by atoms with Crippen molar-refractivity contribution in [1.82, 2.24) is 0 Å². The van der Waals surface area contributed by atoms with Crippen molar-refractivity contribution in [2.45, 2.75) is 32.2 Å². The Labute approximate surface area is 56.6 Å². The zero-order valence-electron chi connectivity index (χ0n) is 6.01. The molecule has 3 atom stereocenters. The van der Waals surface area contributed by atoms with Crippen molar-refractivity contribution in [3.05, 3.63) is 0 Å². The van der Waals surface area contributed by atoms with E-state index in [0.29, 0.717) is 6.04 Å². The van der Waals surface area contributed by atoms with Gasteiger partial charge in [-0.05, 0) is 43.9 Å². The smallest absolute Gasteiger partial charge is 0.00389 e. The van der Waals surface area contributed by atoms with Crippen molar-refractivity contribution in [3.63, 3.8) is 0 Å². The van der Waals surface area contributed by atoms with Crippen LogP contribution < -0.4 is 5.73 Å². The quantitative estimate of drug-likeness (QED) is 0.563. The van der Waals surface area contributed by atoms with Gasteiger partial charge in [0.25, 0.3) is 0 Å². The van der Waals surface area contributed by atoms with Crippen LogP contribution in [-0.4, -0.2) is 6.04 Å². The van der Waals surface area contributed by atoms with Gasteiger partial charge in [0, 0.05) is 6.04 Å². The Balaban J connectivity index is 1.90. The van der Waals surface area contributed by atoms with Gasteiger partial charge < -0.3 is 5.73 Å². The minimum Gasteiger partial charge on any atom is -0.328 e. The van der Waals surface area contributed by atoms with Gasteiger partial charge in [-0.2, -0.15) is 0 Å². The monoisotopic (exact) mass is 125 g/mol. The maximum atomic E-state index is 5.78. The van der Waals surface area contributed by atoms with Gasteiger partial charge in [0.15, 0.2) is 0 Å². The van der Waals surface area contributed by atoms with E-state index in [1.165, 1.54) is 19.3 Å². The molecule has 0 aromatic carbocycles. The molecule has 0 spiro atoms. The first kappa shape index (κ1) is 5.72. The van der Waals surface area contributed by atoms with Crippen LogP contribution in [0.2, 0.25) is 0 Å². The molecule has 52 valence electrons. The highest BCUT2D eigenvalue weighted by atomic mass is 14.7. The van der Waals surface area contributed by atoms with Gasteiger partial charge in [-0.1, -0.05) is 0 Å². The third kappa shape index (κ3) is 0.877. The van der Waals surface area contributed by atoms with Crippen molar-refractivity contribution in [1.29, 1.82) is 0 Å². The lowest BCUT2D eigenvalue weighted by Crippen LogP contribution is -2.25. The van der Waals surface area contributed by atoms with E-state index in [9.17, 15) is 0 Å². The number of fused-ring (bicyclic) bond motifs is 1. The second kappa shape index (κ2) is 1.72. The van der Waals surface area contributed by atoms with E-state index in [1.54, 1.807) is 0 Å². The van der Waals surface area contributed by atoms with Crippen LogP contribution in [-0.2, 0) is 0 Å². The summed E-state index contributed by atoms with van der Waals surface area (Å²) in [7, 11) is 0. The average Bonchev–Trinajstić information content (AvgIpc) is 2.40. The SMILES string of the molecule is CC(N)C1CC2CC2C1. The fraction of sp³-hybridized carbons (Fsp3) is 1.00. The molecule has 0 amide bonds. The van der Waals surface area contributed by atoms with E-state index < -0.39 is 0 Å². The molecule has 0 aromatic rings. The van der Waals surface area contributed by atoms with Crippen LogP contribution in [0.3, 0.4) is 0 Å². The Morgan fingerprint density at radius 3 is 2.11 bits per heavy atom. The highest BCUT2D eigenvalue weighted by Gasteiger charge is 2.46. The fourth-order valence-electron chi connectivity index (χ4n) is 2.19. The van der Waals surface area contributed by atoms with E-state index >= 15 is 0 Å². The zero-order valence-corrected chi connectivity index (χ0v) is 6.01. The summed E-state index contributed by atoms with van der Waals surface area (Å²) >= 11 is 0. The van der Waals surface area contributed by atoms with Gasteiger partial charge in [-0.3, -0.25) is 0 Å². The molecule has 0 aromatic heterocycles. The normalized spacial score (nSPS) is 50.7. The van der Waals surface area contributed by atoms with Crippen molar-refractivity contribution < 1.29 is 0 Å². The third-order valence-corrected chi connectivity index (χ3v) is 3.02. The molecule has 1 heteroatoms. The number of hydrogen-bond acceptors (Lipinski definition) is 1.